The highest BCUT2D eigenvalue weighted by molar-refractivity contribution is 8.00. The lowest BCUT2D eigenvalue weighted by Gasteiger charge is -2.23. The summed E-state index contributed by atoms with van der Waals surface area (Å²) in [6, 6.07) is 1.82. The van der Waals surface area contributed by atoms with Gasteiger partial charge >= 0.3 is 0 Å². The molecule has 18 heavy (non-hydrogen) atoms. The first-order valence-electron chi connectivity index (χ1n) is 6.62. The molecule has 0 amide bonds. The highest BCUT2D eigenvalue weighted by Gasteiger charge is 2.29. The third-order valence-corrected chi connectivity index (χ3v) is 4.75. The highest BCUT2D eigenvalue weighted by Crippen LogP contribution is 2.37. The van der Waals surface area contributed by atoms with E-state index in [0.29, 0.717) is 10.6 Å². The Kier molecular flexibility index (Phi) is 4.32. The summed E-state index contributed by atoms with van der Waals surface area (Å²) in [6.07, 6.45) is 4.51. The molecule has 3 N–H and O–H groups in total. The lowest BCUT2D eigenvalue weighted by Crippen LogP contribution is -2.27. The zero-order valence-corrected chi connectivity index (χ0v) is 12.0. The summed E-state index contributed by atoms with van der Waals surface area (Å²) in [5, 5.41) is 3.41. The fraction of sp³-hybridized carbons (Fsp3) is 0.692. The maximum atomic E-state index is 5.81. The molecule has 0 saturated carbocycles. The van der Waals surface area contributed by atoms with E-state index in [1.165, 1.54) is 18.6 Å². The van der Waals surface area contributed by atoms with Crippen LogP contribution in [0, 0.1) is 0 Å². The van der Waals surface area contributed by atoms with Gasteiger partial charge in [0, 0.05) is 23.8 Å². The number of nitrogens with one attached hydrogen (secondary N) is 1. The number of aromatic nitrogens is 2. The number of nitrogens with zero attached hydrogens (tertiary/aromatic N) is 2. The second-order valence-electron chi connectivity index (χ2n) is 5.10. The van der Waals surface area contributed by atoms with Crippen molar-refractivity contribution in [2.75, 3.05) is 23.3 Å². The van der Waals surface area contributed by atoms with Crippen molar-refractivity contribution in [2.45, 2.75) is 44.3 Å². The lowest BCUT2D eigenvalue weighted by molar-refractivity contribution is 0.633. The molecule has 1 fully saturated rings. The van der Waals surface area contributed by atoms with Crippen LogP contribution in [0.5, 0.6) is 0 Å². The molecule has 1 aliphatic rings. The van der Waals surface area contributed by atoms with Crippen LogP contribution in [0.2, 0.25) is 0 Å². The van der Waals surface area contributed by atoms with Crippen LogP contribution in [-0.4, -0.2) is 27.0 Å². The van der Waals surface area contributed by atoms with Crippen LogP contribution in [0.4, 0.5) is 11.6 Å². The second kappa shape index (κ2) is 5.78. The van der Waals surface area contributed by atoms with E-state index in [9.17, 15) is 0 Å². The molecule has 1 aromatic heterocycles. The van der Waals surface area contributed by atoms with Gasteiger partial charge in [-0.2, -0.15) is 11.8 Å². The predicted octanol–water partition coefficient (Wildman–Crippen LogP) is 2.71. The maximum Gasteiger partial charge on any atom is 0.133 e. The van der Waals surface area contributed by atoms with E-state index in [2.05, 4.69) is 29.1 Å². The summed E-state index contributed by atoms with van der Waals surface area (Å²) < 4.78 is 0.338. The number of thioether (sulfide) groups is 1. The minimum atomic E-state index is 0.338. The van der Waals surface area contributed by atoms with E-state index >= 15 is 0 Å². The summed E-state index contributed by atoms with van der Waals surface area (Å²) in [5.74, 6) is 3.52. The molecular weight excluding hydrogens is 244 g/mol. The average molecular weight is 266 g/mol. The van der Waals surface area contributed by atoms with E-state index in [1.807, 2.05) is 17.8 Å². The standard InChI is InChI=1S/C13H22N4S/c1-3-5-11-16-10(14)8-12(17-11)15-9-13(2)6-4-7-18-13/h8H,3-7,9H2,1-2H3,(H3,14,15,16,17). The minimum absolute atomic E-state index is 0.338. The summed E-state index contributed by atoms with van der Waals surface area (Å²) in [5.41, 5.74) is 5.81. The normalized spacial score (nSPS) is 23.2. The molecule has 1 saturated heterocycles. The second-order valence-corrected chi connectivity index (χ2v) is 6.78. The van der Waals surface area contributed by atoms with Crippen molar-refractivity contribution in [2.24, 2.45) is 0 Å². The number of hydrogen-bond donors (Lipinski definition) is 2. The molecule has 0 aromatic carbocycles. The molecule has 1 atom stereocenters. The van der Waals surface area contributed by atoms with E-state index in [4.69, 9.17) is 5.73 Å². The van der Waals surface area contributed by atoms with Gasteiger partial charge in [0.05, 0.1) is 0 Å². The van der Waals surface area contributed by atoms with Crippen molar-refractivity contribution in [1.29, 1.82) is 0 Å². The van der Waals surface area contributed by atoms with Gasteiger partial charge in [0.1, 0.15) is 17.5 Å². The fourth-order valence-corrected chi connectivity index (χ4v) is 3.44. The molecule has 0 bridgehead atoms. The van der Waals surface area contributed by atoms with E-state index < -0.39 is 0 Å². The van der Waals surface area contributed by atoms with E-state index in [1.54, 1.807) is 0 Å². The zero-order valence-electron chi connectivity index (χ0n) is 11.2. The number of nitrogen functional groups attached to an aromatic ring is 1. The Hall–Kier alpha value is -0.970. The first-order chi connectivity index (χ1) is 8.61. The Morgan fingerprint density at radius 1 is 1.50 bits per heavy atom. The topological polar surface area (TPSA) is 63.8 Å². The number of rotatable bonds is 5. The predicted molar refractivity (Wildman–Crippen MR) is 79.0 cm³/mol. The molecule has 1 aliphatic heterocycles. The maximum absolute atomic E-state index is 5.81. The number of aryl methyl sites for hydroxylation is 1. The summed E-state index contributed by atoms with van der Waals surface area (Å²) in [4.78, 5) is 8.75. The van der Waals surface area contributed by atoms with Crippen LogP contribution in [-0.2, 0) is 6.42 Å². The number of hydrogen-bond acceptors (Lipinski definition) is 5. The SMILES string of the molecule is CCCc1nc(N)cc(NCC2(C)CCCS2)n1. The molecule has 4 nitrogen and oxygen atoms in total. The average Bonchev–Trinajstić information content (AvgIpc) is 2.74. The first kappa shape index (κ1) is 13.5. The summed E-state index contributed by atoms with van der Waals surface area (Å²) in [6.45, 7) is 5.38. The van der Waals surface area contributed by atoms with Crippen LogP contribution >= 0.6 is 11.8 Å². The molecule has 0 aliphatic carbocycles. The Morgan fingerprint density at radius 3 is 3.00 bits per heavy atom. The first-order valence-corrected chi connectivity index (χ1v) is 7.61. The highest BCUT2D eigenvalue weighted by atomic mass is 32.2. The van der Waals surface area contributed by atoms with Gasteiger partial charge in [0.15, 0.2) is 0 Å². The molecule has 2 heterocycles. The summed E-state index contributed by atoms with van der Waals surface area (Å²) >= 11 is 2.05. The van der Waals surface area contributed by atoms with Gasteiger partial charge in [-0.3, -0.25) is 0 Å². The van der Waals surface area contributed by atoms with Crippen molar-refractivity contribution in [3.8, 4) is 0 Å². The van der Waals surface area contributed by atoms with Crippen LogP contribution in [0.1, 0.15) is 38.9 Å². The van der Waals surface area contributed by atoms with Crippen molar-refractivity contribution in [1.82, 2.24) is 9.97 Å². The Morgan fingerprint density at radius 2 is 2.33 bits per heavy atom. The van der Waals surface area contributed by atoms with Gasteiger partial charge in [0.25, 0.3) is 0 Å². The largest absolute Gasteiger partial charge is 0.384 e. The summed E-state index contributed by atoms with van der Waals surface area (Å²) in [7, 11) is 0. The molecule has 1 aromatic rings. The third kappa shape index (κ3) is 3.51. The smallest absolute Gasteiger partial charge is 0.133 e. The molecule has 0 spiro atoms. The van der Waals surface area contributed by atoms with Crippen LogP contribution < -0.4 is 11.1 Å². The number of anilines is 2. The van der Waals surface area contributed by atoms with Gasteiger partial charge < -0.3 is 11.1 Å². The van der Waals surface area contributed by atoms with Crippen molar-refractivity contribution in [3.05, 3.63) is 11.9 Å². The Balaban J connectivity index is 2.00. The monoisotopic (exact) mass is 266 g/mol. The van der Waals surface area contributed by atoms with Crippen molar-refractivity contribution in [3.63, 3.8) is 0 Å². The van der Waals surface area contributed by atoms with E-state index in [-0.39, 0.29) is 0 Å². The van der Waals surface area contributed by atoms with Gasteiger partial charge in [-0.25, -0.2) is 9.97 Å². The van der Waals surface area contributed by atoms with Crippen molar-refractivity contribution < 1.29 is 0 Å². The Labute approximate surface area is 113 Å². The Bertz CT molecular complexity index is 402. The number of nitrogens with two attached hydrogens (primary N) is 1. The fourth-order valence-electron chi connectivity index (χ4n) is 2.20. The van der Waals surface area contributed by atoms with Crippen LogP contribution in [0.25, 0.3) is 0 Å². The molecule has 5 heteroatoms. The van der Waals surface area contributed by atoms with Gasteiger partial charge in [-0.05, 0) is 31.9 Å². The van der Waals surface area contributed by atoms with Crippen LogP contribution in [0.3, 0.4) is 0 Å². The van der Waals surface area contributed by atoms with Gasteiger partial charge in [0.2, 0.25) is 0 Å². The van der Waals surface area contributed by atoms with Gasteiger partial charge in [-0.1, -0.05) is 6.92 Å². The quantitative estimate of drug-likeness (QED) is 0.858. The third-order valence-electron chi connectivity index (χ3n) is 3.21. The minimum Gasteiger partial charge on any atom is -0.384 e. The molecule has 100 valence electrons. The lowest BCUT2D eigenvalue weighted by atomic mass is 10.1. The van der Waals surface area contributed by atoms with Crippen molar-refractivity contribution >= 4 is 23.4 Å². The molecule has 2 rings (SSSR count). The molecule has 1 unspecified atom stereocenters. The molecule has 0 radical (unpaired) electrons. The molecular formula is C13H22N4S. The van der Waals surface area contributed by atoms with E-state index in [0.717, 1.165) is 31.0 Å². The zero-order chi connectivity index (χ0) is 13.0. The van der Waals surface area contributed by atoms with Gasteiger partial charge in [-0.15, -0.1) is 0 Å². The van der Waals surface area contributed by atoms with Crippen LogP contribution in [0.15, 0.2) is 6.07 Å².